The van der Waals surface area contributed by atoms with Gasteiger partial charge in [-0.2, -0.15) is 0 Å². The Kier molecular flexibility index (Phi) is 12.1. The first-order valence-electron chi connectivity index (χ1n) is 17.2. The van der Waals surface area contributed by atoms with Gasteiger partial charge in [0.1, 0.15) is 41.3 Å². The van der Waals surface area contributed by atoms with Crippen LogP contribution in [-0.2, 0) is 44.4 Å². The molecule has 4 N–H and O–H groups in total. The van der Waals surface area contributed by atoms with Gasteiger partial charge in [0.05, 0.1) is 72.5 Å². The maximum absolute atomic E-state index is 13.5. The minimum atomic E-state index is -2.25. The molecule has 3 aromatic carbocycles. The van der Waals surface area contributed by atoms with Gasteiger partial charge in [0, 0.05) is 25.2 Å². The number of benzene rings is 3. The Hall–Kier alpha value is -4.03. The molecule has 288 valence electrons. The van der Waals surface area contributed by atoms with Crippen molar-refractivity contribution in [1.82, 2.24) is 0 Å². The van der Waals surface area contributed by atoms with Crippen molar-refractivity contribution in [2.75, 3.05) is 68.1 Å². The molecule has 0 aromatic heterocycles. The van der Waals surface area contributed by atoms with E-state index in [4.69, 9.17) is 47.4 Å². The first kappa shape index (κ1) is 38.7. The molecule has 7 rings (SSSR count). The van der Waals surface area contributed by atoms with Gasteiger partial charge in [-0.15, -0.1) is 0 Å². The van der Waals surface area contributed by atoms with E-state index in [0.717, 1.165) is 26.4 Å². The maximum Gasteiger partial charge on any atom is 0.312 e. The molecule has 15 nitrogen and oxygen atoms in total. The molecule has 1 saturated carbocycles. The lowest BCUT2D eigenvalue weighted by Crippen LogP contribution is -2.52. The molecule has 3 heterocycles. The van der Waals surface area contributed by atoms with Crippen molar-refractivity contribution in [3.8, 4) is 23.0 Å². The van der Waals surface area contributed by atoms with Crippen molar-refractivity contribution >= 4 is 5.97 Å². The molecule has 3 fully saturated rings. The maximum atomic E-state index is 13.5. The van der Waals surface area contributed by atoms with Crippen LogP contribution in [-0.4, -0.2) is 125 Å². The van der Waals surface area contributed by atoms with Crippen LogP contribution in [0.25, 0.3) is 0 Å². The Labute approximate surface area is 306 Å². The van der Waals surface area contributed by atoms with Gasteiger partial charge in [0.15, 0.2) is 11.2 Å². The third-order valence-corrected chi connectivity index (χ3v) is 9.99. The summed E-state index contributed by atoms with van der Waals surface area (Å²) in [5, 5.41) is 44.7. The molecule has 15 heteroatoms. The number of hydrogen-bond donors (Lipinski definition) is 4. The van der Waals surface area contributed by atoms with E-state index in [-0.39, 0.29) is 29.4 Å². The molecule has 0 unspecified atom stereocenters. The minimum Gasteiger partial charge on any atom is -0.497 e. The summed E-state index contributed by atoms with van der Waals surface area (Å²) in [4.78, 5) is 13.5. The largest absolute Gasteiger partial charge is 0.497 e. The van der Waals surface area contributed by atoms with Crippen molar-refractivity contribution in [3.63, 3.8) is 0 Å². The predicted octanol–water partition coefficient (Wildman–Crippen LogP) is 1.61. The number of carbonyl (C=O) groups excluding carboxylic acids is 1. The van der Waals surface area contributed by atoms with Crippen molar-refractivity contribution in [2.45, 2.75) is 48.0 Å². The van der Waals surface area contributed by atoms with Crippen LogP contribution in [0.5, 0.6) is 23.0 Å². The lowest BCUT2D eigenvalue weighted by atomic mass is 9.70. The van der Waals surface area contributed by atoms with E-state index in [9.17, 15) is 25.2 Å². The molecule has 0 spiro atoms. The Morgan fingerprint density at radius 2 is 1.58 bits per heavy atom. The minimum absolute atomic E-state index is 0.0474. The SMILES string of the molecule is C1COCCO1.COC(=O)[C@H]1[C@@H](O)[C@@]2(O)c3c(OC)cc(O[C@@H]4O[C@@H]([C@H](O)CO)CO[C@H]4OC)cc3O[C@@]2(c2ccc(OC)cc2)[C@@H]1c1ccccc1. The van der Waals surface area contributed by atoms with Gasteiger partial charge in [0.2, 0.25) is 6.29 Å². The van der Waals surface area contributed by atoms with Gasteiger partial charge in [-0.3, -0.25) is 4.79 Å². The summed E-state index contributed by atoms with van der Waals surface area (Å²) in [6.07, 6.45) is -6.03. The average molecular weight is 743 g/mol. The summed E-state index contributed by atoms with van der Waals surface area (Å²) in [5.41, 5.74) is -2.88. The summed E-state index contributed by atoms with van der Waals surface area (Å²) in [6.45, 7) is 2.51. The summed E-state index contributed by atoms with van der Waals surface area (Å²) in [5.74, 6) is -2.05. The summed E-state index contributed by atoms with van der Waals surface area (Å²) < 4.78 is 56.1. The monoisotopic (exact) mass is 742 g/mol. The predicted molar refractivity (Wildman–Crippen MR) is 184 cm³/mol. The zero-order chi connectivity index (χ0) is 37.8. The van der Waals surface area contributed by atoms with Crippen molar-refractivity contribution < 1.29 is 72.6 Å². The van der Waals surface area contributed by atoms with Crippen LogP contribution in [0.3, 0.4) is 0 Å². The molecule has 0 bridgehead atoms. The van der Waals surface area contributed by atoms with Crippen LogP contribution >= 0.6 is 0 Å². The van der Waals surface area contributed by atoms with Crippen LogP contribution in [0.1, 0.15) is 22.6 Å². The zero-order valence-corrected chi connectivity index (χ0v) is 29.9. The highest BCUT2D eigenvalue weighted by Gasteiger charge is 2.78. The number of esters is 1. The normalized spacial score (nSPS) is 30.8. The van der Waals surface area contributed by atoms with E-state index in [2.05, 4.69) is 0 Å². The molecular weight excluding hydrogens is 696 g/mol. The van der Waals surface area contributed by atoms with Crippen LogP contribution in [0.2, 0.25) is 0 Å². The number of aliphatic hydroxyl groups is 4. The Morgan fingerprint density at radius 1 is 0.906 bits per heavy atom. The van der Waals surface area contributed by atoms with E-state index >= 15 is 0 Å². The quantitative estimate of drug-likeness (QED) is 0.219. The number of aliphatic hydroxyl groups excluding tert-OH is 3. The molecule has 3 aromatic rings. The van der Waals surface area contributed by atoms with Gasteiger partial charge in [-0.25, -0.2) is 0 Å². The number of rotatable bonds is 10. The third-order valence-electron chi connectivity index (χ3n) is 9.99. The Bertz CT molecular complexity index is 1660. The van der Waals surface area contributed by atoms with Crippen LogP contribution in [0, 0.1) is 5.92 Å². The molecule has 1 aliphatic carbocycles. The molecular formula is C38H46O15. The third kappa shape index (κ3) is 6.93. The molecule has 0 amide bonds. The highest BCUT2D eigenvalue weighted by molar-refractivity contribution is 5.78. The van der Waals surface area contributed by atoms with Crippen LogP contribution < -0.4 is 18.9 Å². The Balaban J connectivity index is 0.000000729. The van der Waals surface area contributed by atoms with E-state index in [1.807, 2.05) is 6.07 Å². The molecule has 3 aliphatic heterocycles. The molecule has 0 radical (unpaired) electrons. The van der Waals surface area contributed by atoms with E-state index in [1.165, 1.54) is 40.6 Å². The van der Waals surface area contributed by atoms with Crippen molar-refractivity contribution in [2.24, 2.45) is 5.92 Å². The lowest BCUT2D eigenvalue weighted by molar-refractivity contribution is -0.324. The standard InChI is InChI=1S/C34H38O13.C4H8O2/c1-40-20-12-10-19(11-13-20)34-27(18-8-6-5-7-9-18)26(30(38)42-3)29(37)33(34,39)28-23(41-2)14-21(15-24(28)47-34)45-32-31(43-4)44-17-25(46-32)22(36)16-35;1-2-6-4-3-5-1/h5-15,22,25-27,29,31-32,35-37,39H,16-17H2,1-4H3;1-4H2/t22-,25-,26-,27-,29-,31-,32-,33+,34+;/m1./s1. The number of methoxy groups -OCH3 is 4. The second-order valence-electron chi connectivity index (χ2n) is 12.8. The van der Waals surface area contributed by atoms with Crippen LogP contribution in [0.4, 0.5) is 0 Å². The van der Waals surface area contributed by atoms with Crippen molar-refractivity contribution in [1.29, 1.82) is 0 Å². The number of fused-ring (bicyclic) bond motifs is 3. The second-order valence-corrected chi connectivity index (χ2v) is 12.8. The van der Waals surface area contributed by atoms with Gasteiger partial charge in [-0.05, 0) is 23.3 Å². The van der Waals surface area contributed by atoms with Gasteiger partial charge >= 0.3 is 5.97 Å². The zero-order valence-electron chi connectivity index (χ0n) is 29.9. The fourth-order valence-electron chi connectivity index (χ4n) is 7.55. The molecule has 9 atom stereocenters. The number of hydrogen-bond acceptors (Lipinski definition) is 15. The smallest absolute Gasteiger partial charge is 0.312 e. The van der Waals surface area contributed by atoms with Gasteiger partial charge in [0.25, 0.3) is 6.29 Å². The lowest BCUT2D eigenvalue weighted by Gasteiger charge is -2.40. The number of carbonyl (C=O) groups is 1. The highest BCUT2D eigenvalue weighted by Crippen LogP contribution is 2.70. The number of ether oxygens (including phenoxy) is 10. The summed E-state index contributed by atoms with van der Waals surface area (Å²) in [7, 11) is 5.54. The van der Waals surface area contributed by atoms with Crippen molar-refractivity contribution in [3.05, 3.63) is 83.4 Å². The fraction of sp³-hybridized carbons (Fsp3) is 0.500. The summed E-state index contributed by atoms with van der Waals surface area (Å²) in [6, 6.07) is 18.8. The second kappa shape index (κ2) is 16.5. The van der Waals surface area contributed by atoms with E-state index in [1.54, 1.807) is 48.5 Å². The topological polar surface area (TPSA) is 190 Å². The average Bonchev–Trinajstić information content (AvgIpc) is 3.59. The first-order valence-corrected chi connectivity index (χ1v) is 17.2. The van der Waals surface area contributed by atoms with Gasteiger partial charge in [-0.1, -0.05) is 42.5 Å². The Morgan fingerprint density at radius 3 is 2.15 bits per heavy atom. The summed E-state index contributed by atoms with van der Waals surface area (Å²) >= 11 is 0. The first-order chi connectivity index (χ1) is 25.7. The molecule has 53 heavy (non-hydrogen) atoms. The molecule has 2 saturated heterocycles. The van der Waals surface area contributed by atoms with Gasteiger partial charge < -0.3 is 67.8 Å². The van der Waals surface area contributed by atoms with E-state index < -0.39 is 66.5 Å². The molecule has 4 aliphatic rings. The van der Waals surface area contributed by atoms with Crippen LogP contribution in [0.15, 0.2) is 66.7 Å². The van der Waals surface area contributed by atoms with E-state index in [0.29, 0.717) is 16.9 Å². The fourth-order valence-corrected chi connectivity index (χ4v) is 7.55. The highest BCUT2D eigenvalue weighted by atomic mass is 16.8.